The van der Waals surface area contributed by atoms with Crippen molar-refractivity contribution in [3.05, 3.63) is 23.8 Å². The highest BCUT2D eigenvalue weighted by Crippen LogP contribution is 2.27. The number of nitrogens with two attached hydrogens (primary N) is 1. The summed E-state index contributed by atoms with van der Waals surface area (Å²) in [6.07, 6.45) is 0.527. The lowest BCUT2D eigenvalue weighted by Crippen LogP contribution is -2.28. The molecule has 1 aromatic rings. The van der Waals surface area contributed by atoms with E-state index >= 15 is 0 Å². The average molecular weight is 284 g/mol. The van der Waals surface area contributed by atoms with Gasteiger partial charge in [0.1, 0.15) is 0 Å². The van der Waals surface area contributed by atoms with Crippen LogP contribution in [0.5, 0.6) is 0 Å². The van der Waals surface area contributed by atoms with E-state index in [1.165, 1.54) is 6.07 Å². The predicted molar refractivity (Wildman–Crippen MR) is 73.3 cm³/mol. The molecule has 0 amide bonds. The zero-order valence-corrected chi connectivity index (χ0v) is 11.2. The zero-order chi connectivity index (χ0) is 14.0. The first-order valence-corrected chi connectivity index (χ1v) is 7.80. The Bertz CT molecular complexity index is 598. The quantitative estimate of drug-likeness (QED) is 0.771. The van der Waals surface area contributed by atoms with Crippen molar-refractivity contribution in [2.75, 3.05) is 35.2 Å². The summed E-state index contributed by atoms with van der Waals surface area (Å²) in [5, 5.41) is 9.03. The molecule has 1 fully saturated rings. The van der Waals surface area contributed by atoms with Gasteiger partial charge in [0.25, 0.3) is 0 Å². The maximum Gasteiger partial charge on any atom is 0.337 e. The maximum absolute atomic E-state index is 11.6. The highest BCUT2D eigenvalue weighted by atomic mass is 32.2. The summed E-state index contributed by atoms with van der Waals surface area (Å²) < 4.78 is 23.1. The number of hydrogen-bond acceptors (Lipinski definition) is 5. The lowest BCUT2D eigenvalue weighted by molar-refractivity contribution is 0.0698. The Labute approximate surface area is 111 Å². The van der Waals surface area contributed by atoms with Gasteiger partial charge < -0.3 is 15.7 Å². The van der Waals surface area contributed by atoms with Gasteiger partial charge in [-0.25, -0.2) is 13.2 Å². The van der Waals surface area contributed by atoms with E-state index in [1.54, 1.807) is 12.1 Å². The molecule has 1 saturated heterocycles. The predicted octanol–water partition coefficient (Wildman–Crippen LogP) is 0.592. The van der Waals surface area contributed by atoms with Gasteiger partial charge in [0.05, 0.1) is 28.4 Å². The van der Waals surface area contributed by atoms with Gasteiger partial charge in [-0.15, -0.1) is 0 Å². The Kier molecular flexibility index (Phi) is 3.66. The lowest BCUT2D eigenvalue weighted by Gasteiger charge is -2.24. The van der Waals surface area contributed by atoms with E-state index in [9.17, 15) is 13.2 Å². The summed E-state index contributed by atoms with van der Waals surface area (Å²) in [6, 6.07) is 4.78. The van der Waals surface area contributed by atoms with Gasteiger partial charge in [0, 0.05) is 13.1 Å². The largest absolute Gasteiger partial charge is 0.478 e. The van der Waals surface area contributed by atoms with Crippen LogP contribution in [0, 0.1) is 0 Å². The number of anilines is 2. The minimum absolute atomic E-state index is 0.0459. The third kappa shape index (κ3) is 2.98. The van der Waals surface area contributed by atoms with Crippen molar-refractivity contribution in [2.45, 2.75) is 6.42 Å². The summed E-state index contributed by atoms with van der Waals surface area (Å²) in [6.45, 7) is 0.905. The number of rotatable bonds is 2. The van der Waals surface area contributed by atoms with Gasteiger partial charge >= 0.3 is 5.97 Å². The molecule has 19 heavy (non-hydrogen) atoms. The lowest BCUT2D eigenvalue weighted by atomic mass is 10.1. The van der Waals surface area contributed by atoms with Gasteiger partial charge in [-0.2, -0.15) is 0 Å². The monoisotopic (exact) mass is 284 g/mol. The van der Waals surface area contributed by atoms with Gasteiger partial charge in [-0.05, 0) is 18.6 Å². The molecule has 1 aliphatic heterocycles. The molecule has 0 spiro atoms. The molecule has 0 aliphatic carbocycles. The third-order valence-corrected chi connectivity index (χ3v) is 4.93. The fraction of sp³-hybridized carbons (Fsp3) is 0.417. The molecule has 0 bridgehead atoms. The Morgan fingerprint density at radius 3 is 2.68 bits per heavy atom. The minimum Gasteiger partial charge on any atom is -0.478 e. The number of nitrogens with zero attached hydrogens (tertiary/aromatic N) is 1. The van der Waals surface area contributed by atoms with E-state index in [1.807, 2.05) is 4.90 Å². The number of carboxylic acids is 1. The van der Waals surface area contributed by atoms with E-state index in [0.717, 1.165) is 0 Å². The molecule has 104 valence electrons. The first-order chi connectivity index (χ1) is 8.91. The second-order valence-electron chi connectivity index (χ2n) is 4.54. The average Bonchev–Trinajstić information content (AvgIpc) is 2.50. The van der Waals surface area contributed by atoms with Crippen molar-refractivity contribution >= 4 is 27.2 Å². The van der Waals surface area contributed by atoms with Crippen LogP contribution in [-0.4, -0.2) is 44.1 Å². The van der Waals surface area contributed by atoms with E-state index < -0.39 is 15.8 Å². The molecule has 3 N–H and O–H groups in total. The number of benzene rings is 1. The van der Waals surface area contributed by atoms with Crippen molar-refractivity contribution in [3.63, 3.8) is 0 Å². The fourth-order valence-electron chi connectivity index (χ4n) is 2.19. The summed E-state index contributed by atoms with van der Waals surface area (Å²) in [5.74, 6) is -0.840. The molecule has 6 nitrogen and oxygen atoms in total. The van der Waals surface area contributed by atoms with Crippen LogP contribution in [0.3, 0.4) is 0 Å². The van der Waals surface area contributed by atoms with Crippen LogP contribution in [0.4, 0.5) is 11.4 Å². The normalized spacial score (nSPS) is 18.8. The molecule has 1 aliphatic rings. The Balaban J connectivity index is 2.32. The highest BCUT2D eigenvalue weighted by Gasteiger charge is 2.22. The number of para-hydroxylation sites is 1. The number of carboxylic acid groups (broad SMARTS) is 1. The second-order valence-corrected chi connectivity index (χ2v) is 6.84. The van der Waals surface area contributed by atoms with E-state index in [-0.39, 0.29) is 22.8 Å². The van der Waals surface area contributed by atoms with E-state index in [0.29, 0.717) is 25.2 Å². The Hall–Kier alpha value is -1.76. The summed E-state index contributed by atoms with van der Waals surface area (Å²) >= 11 is 0. The van der Waals surface area contributed by atoms with Crippen molar-refractivity contribution in [3.8, 4) is 0 Å². The van der Waals surface area contributed by atoms with Crippen LogP contribution in [0.15, 0.2) is 18.2 Å². The Morgan fingerprint density at radius 2 is 2.00 bits per heavy atom. The highest BCUT2D eigenvalue weighted by molar-refractivity contribution is 7.91. The number of sulfone groups is 1. The molecule has 0 saturated carbocycles. The number of aromatic carboxylic acids is 1. The number of hydrogen-bond donors (Lipinski definition) is 2. The van der Waals surface area contributed by atoms with Gasteiger partial charge in [-0.1, -0.05) is 6.07 Å². The summed E-state index contributed by atoms with van der Waals surface area (Å²) in [5.41, 5.74) is 6.69. The molecule has 0 radical (unpaired) electrons. The van der Waals surface area contributed by atoms with Gasteiger partial charge in [0.15, 0.2) is 9.84 Å². The van der Waals surface area contributed by atoms with Crippen LogP contribution in [-0.2, 0) is 9.84 Å². The third-order valence-electron chi connectivity index (χ3n) is 3.21. The molecule has 0 aromatic heterocycles. The van der Waals surface area contributed by atoms with Crippen molar-refractivity contribution in [2.24, 2.45) is 0 Å². The van der Waals surface area contributed by atoms with Gasteiger partial charge in [-0.3, -0.25) is 0 Å². The van der Waals surface area contributed by atoms with Crippen molar-refractivity contribution < 1.29 is 18.3 Å². The topological polar surface area (TPSA) is 101 Å². The summed E-state index contributed by atoms with van der Waals surface area (Å²) in [4.78, 5) is 12.9. The molecule has 1 heterocycles. The van der Waals surface area contributed by atoms with Crippen LogP contribution >= 0.6 is 0 Å². The van der Waals surface area contributed by atoms with E-state index in [4.69, 9.17) is 10.8 Å². The second kappa shape index (κ2) is 5.08. The number of nitrogen functional groups attached to an aromatic ring is 1. The van der Waals surface area contributed by atoms with Crippen LogP contribution in [0.2, 0.25) is 0 Å². The standard InChI is InChI=1S/C12H16N2O4S/c13-11-9(12(15)16)3-1-4-10(11)14-5-2-7-19(17,18)8-6-14/h1,3-4H,2,5-8,13H2,(H,15,16). The van der Waals surface area contributed by atoms with Crippen LogP contribution < -0.4 is 10.6 Å². The van der Waals surface area contributed by atoms with Crippen molar-refractivity contribution in [1.82, 2.24) is 0 Å². The molecule has 2 rings (SSSR count). The number of carbonyl (C=O) groups is 1. The van der Waals surface area contributed by atoms with Crippen LogP contribution in [0.1, 0.15) is 16.8 Å². The van der Waals surface area contributed by atoms with Crippen LogP contribution in [0.25, 0.3) is 0 Å². The molecule has 7 heteroatoms. The van der Waals surface area contributed by atoms with E-state index in [2.05, 4.69) is 0 Å². The first kappa shape index (κ1) is 13.7. The fourth-order valence-corrected chi connectivity index (χ4v) is 3.47. The Morgan fingerprint density at radius 1 is 1.26 bits per heavy atom. The first-order valence-electron chi connectivity index (χ1n) is 5.98. The maximum atomic E-state index is 11.6. The molecular formula is C12H16N2O4S. The SMILES string of the molecule is Nc1c(C(=O)O)cccc1N1CCCS(=O)(=O)CC1. The summed E-state index contributed by atoms with van der Waals surface area (Å²) in [7, 11) is -3.00. The molecule has 0 atom stereocenters. The molecule has 1 aromatic carbocycles. The zero-order valence-electron chi connectivity index (χ0n) is 10.4. The van der Waals surface area contributed by atoms with Crippen molar-refractivity contribution in [1.29, 1.82) is 0 Å². The molecular weight excluding hydrogens is 268 g/mol. The minimum atomic E-state index is -3.00. The molecule has 0 unspecified atom stereocenters. The van der Waals surface area contributed by atoms with Gasteiger partial charge in [0.2, 0.25) is 0 Å². The smallest absolute Gasteiger partial charge is 0.337 e.